The van der Waals surface area contributed by atoms with Crippen LogP contribution in [0.1, 0.15) is 22.3 Å². The number of aromatic nitrogens is 1. The van der Waals surface area contributed by atoms with Crippen LogP contribution in [-0.2, 0) is 13.1 Å². The molecule has 0 atom stereocenters. The Morgan fingerprint density at radius 2 is 2.00 bits per heavy atom. The lowest BCUT2D eigenvalue weighted by atomic mass is 10.1. The monoisotopic (exact) mass is 271 g/mol. The highest BCUT2D eigenvalue weighted by molar-refractivity contribution is 5.42. The summed E-state index contributed by atoms with van der Waals surface area (Å²) < 4.78 is 0. The van der Waals surface area contributed by atoms with Gasteiger partial charge in [-0.3, -0.25) is 15.1 Å². The fourth-order valence-electron chi connectivity index (χ4n) is 2.00. The highest BCUT2D eigenvalue weighted by Gasteiger charge is 2.10. The first-order chi connectivity index (χ1) is 9.58. The van der Waals surface area contributed by atoms with Crippen LogP contribution in [0, 0.1) is 24.0 Å². The van der Waals surface area contributed by atoms with E-state index in [2.05, 4.69) is 10.3 Å². The summed E-state index contributed by atoms with van der Waals surface area (Å²) in [4.78, 5) is 14.6. The van der Waals surface area contributed by atoms with Gasteiger partial charge in [-0.05, 0) is 36.6 Å². The van der Waals surface area contributed by atoms with Gasteiger partial charge < -0.3 is 5.32 Å². The van der Waals surface area contributed by atoms with Crippen molar-refractivity contribution in [3.05, 3.63) is 69.0 Å². The molecule has 0 aliphatic carbocycles. The van der Waals surface area contributed by atoms with E-state index in [1.54, 1.807) is 25.3 Å². The van der Waals surface area contributed by atoms with Crippen LogP contribution in [0.5, 0.6) is 0 Å². The van der Waals surface area contributed by atoms with Gasteiger partial charge in [0, 0.05) is 37.1 Å². The second-order valence-electron chi connectivity index (χ2n) is 4.78. The second-order valence-corrected chi connectivity index (χ2v) is 4.78. The molecule has 104 valence electrons. The smallest absolute Gasteiger partial charge is 0.272 e. The first-order valence-electron chi connectivity index (χ1n) is 6.42. The van der Waals surface area contributed by atoms with E-state index in [4.69, 9.17) is 0 Å². The molecule has 0 aliphatic heterocycles. The molecule has 0 spiro atoms. The lowest BCUT2D eigenvalue weighted by Crippen LogP contribution is -2.13. The standard InChI is InChI=1S/C15H17N3O2/c1-11-3-4-13(7-15(11)18(19)20)9-17-10-14-5-6-16-8-12(14)2/h3-8,17H,9-10H2,1-2H3. The maximum absolute atomic E-state index is 10.9. The maximum Gasteiger partial charge on any atom is 0.272 e. The van der Waals surface area contributed by atoms with Gasteiger partial charge in [-0.15, -0.1) is 0 Å². The van der Waals surface area contributed by atoms with Crippen molar-refractivity contribution in [1.29, 1.82) is 0 Å². The van der Waals surface area contributed by atoms with Crippen molar-refractivity contribution >= 4 is 5.69 Å². The average molecular weight is 271 g/mol. The second kappa shape index (κ2) is 6.25. The van der Waals surface area contributed by atoms with Crippen molar-refractivity contribution in [2.24, 2.45) is 0 Å². The molecule has 0 amide bonds. The lowest BCUT2D eigenvalue weighted by Gasteiger charge is -2.08. The van der Waals surface area contributed by atoms with E-state index in [-0.39, 0.29) is 10.6 Å². The van der Waals surface area contributed by atoms with Crippen molar-refractivity contribution in [3.63, 3.8) is 0 Å². The molecule has 0 saturated carbocycles. The zero-order chi connectivity index (χ0) is 14.5. The van der Waals surface area contributed by atoms with Gasteiger partial charge in [-0.2, -0.15) is 0 Å². The summed E-state index contributed by atoms with van der Waals surface area (Å²) in [6.07, 6.45) is 3.59. The molecule has 1 aromatic carbocycles. The third-order valence-electron chi connectivity index (χ3n) is 3.25. The summed E-state index contributed by atoms with van der Waals surface area (Å²) >= 11 is 0. The number of pyridine rings is 1. The number of nitrogens with one attached hydrogen (secondary N) is 1. The SMILES string of the molecule is Cc1cnccc1CNCc1ccc(C)c([N+](=O)[O-])c1. The van der Waals surface area contributed by atoms with Crippen LogP contribution in [0.2, 0.25) is 0 Å². The van der Waals surface area contributed by atoms with E-state index in [1.165, 1.54) is 5.56 Å². The van der Waals surface area contributed by atoms with Gasteiger partial charge in [0.05, 0.1) is 4.92 Å². The summed E-state index contributed by atoms with van der Waals surface area (Å²) in [5.74, 6) is 0. The van der Waals surface area contributed by atoms with Gasteiger partial charge in [0.1, 0.15) is 0 Å². The zero-order valence-electron chi connectivity index (χ0n) is 11.6. The molecule has 5 nitrogen and oxygen atoms in total. The molecule has 0 aliphatic rings. The Labute approximate surface area is 117 Å². The Morgan fingerprint density at radius 3 is 2.70 bits per heavy atom. The van der Waals surface area contributed by atoms with Gasteiger partial charge in [0.25, 0.3) is 5.69 Å². The number of hydrogen-bond donors (Lipinski definition) is 1. The van der Waals surface area contributed by atoms with E-state index < -0.39 is 0 Å². The third-order valence-corrected chi connectivity index (χ3v) is 3.25. The molecule has 20 heavy (non-hydrogen) atoms. The Hall–Kier alpha value is -2.27. The molecule has 0 fully saturated rings. The molecule has 1 aromatic heterocycles. The summed E-state index contributed by atoms with van der Waals surface area (Å²) in [6, 6.07) is 7.29. The molecule has 5 heteroatoms. The van der Waals surface area contributed by atoms with Crippen molar-refractivity contribution in [1.82, 2.24) is 10.3 Å². The molecule has 2 rings (SSSR count). The third kappa shape index (κ3) is 3.39. The number of benzene rings is 1. The summed E-state index contributed by atoms with van der Waals surface area (Å²) in [5, 5.41) is 14.2. The fraction of sp³-hybridized carbons (Fsp3) is 0.267. The van der Waals surface area contributed by atoms with Gasteiger partial charge in [0.15, 0.2) is 0 Å². The van der Waals surface area contributed by atoms with Crippen molar-refractivity contribution in [2.75, 3.05) is 0 Å². The topological polar surface area (TPSA) is 68.1 Å². The van der Waals surface area contributed by atoms with Crippen LogP contribution in [-0.4, -0.2) is 9.91 Å². The van der Waals surface area contributed by atoms with Crippen LogP contribution in [0.4, 0.5) is 5.69 Å². The van der Waals surface area contributed by atoms with E-state index in [9.17, 15) is 10.1 Å². The molecule has 0 radical (unpaired) electrons. The van der Waals surface area contributed by atoms with Crippen LogP contribution < -0.4 is 5.32 Å². The number of nitro benzene ring substituents is 1. The Bertz CT molecular complexity index is 626. The molecular weight excluding hydrogens is 254 g/mol. The van der Waals surface area contributed by atoms with Crippen LogP contribution >= 0.6 is 0 Å². The van der Waals surface area contributed by atoms with E-state index in [0.717, 1.165) is 17.7 Å². The van der Waals surface area contributed by atoms with Crippen molar-refractivity contribution < 1.29 is 4.92 Å². The Kier molecular flexibility index (Phi) is 4.42. The average Bonchev–Trinajstić information content (AvgIpc) is 2.42. The summed E-state index contributed by atoms with van der Waals surface area (Å²) in [5.41, 5.74) is 4.08. The van der Waals surface area contributed by atoms with E-state index in [1.807, 2.05) is 25.3 Å². The zero-order valence-corrected chi connectivity index (χ0v) is 11.6. The normalized spacial score (nSPS) is 10.5. The lowest BCUT2D eigenvalue weighted by molar-refractivity contribution is -0.385. The Morgan fingerprint density at radius 1 is 1.20 bits per heavy atom. The number of nitro groups is 1. The molecule has 2 aromatic rings. The van der Waals surface area contributed by atoms with E-state index >= 15 is 0 Å². The largest absolute Gasteiger partial charge is 0.309 e. The van der Waals surface area contributed by atoms with Gasteiger partial charge >= 0.3 is 0 Å². The number of hydrogen-bond acceptors (Lipinski definition) is 4. The molecule has 0 bridgehead atoms. The highest BCUT2D eigenvalue weighted by Crippen LogP contribution is 2.19. The molecule has 1 N–H and O–H groups in total. The van der Waals surface area contributed by atoms with Gasteiger partial charge in [-0.1, -0.05) is 12.1 Å². The van der Waals surface area contributed by atoms with Crippen molar-refractivity contribution in [2.45, 2.75) is 26.9 Å². The summed E-state index contributed by atoms with van der Waals surface area (Å²) in [6.45, 7) is 5.08. The van der Waals surface area contributed by atoms with Crippen LogP contribution in [0.25, 0.3) is 0 Å². The minimum Gasteiger partial charge on any atom is -0.309 e. The number of nitrogens with zero attached hydrogens (tertiary/aromatic N) is 2. The maximum atomic E-state index is 10.9. The number of rotatable bonds is 5. The molecular formula is C15H17N3O2. The van der Waals surface area contributed by atoms with Crippen LogP contribution in [0.15, 0.2) is 36.7 Å². The fourth-order valence-corrected chi connectivity index (χ4v) is 2.00. The predicted octanol–water partition coefficient (Wildman–Crippen LogP) is 2.90. The van der Waals surface area contributed by atoms with Crippen molar-refractivity contribution in [3.8, 4) is 0 Å². The quantitative estimate of drug-likeness (QED) is 0.670. The van der Waals surface area contributed by atoms with E-state index in [0.29, 0.717) is 12.1 Å². The van der Waals surface area contributed by atoms with Crippen LogP contribution in [0.3, 0.4) is 0 Å². The summed E-state index contributed by atoms with van der Waals surface area (Å²) in [7, 11) is 0. The number of aryl methyl sites for hydroxylation is 2. The van der Waals surface area contributed by atoms with Gasteiger partial charge in [0.2, 0.25) is 0 Å². The molecule has 0 saturated heterocycles. The first kappa shape index (κ1) is 14.1. The first-order valence-corrected chi connectivity index (χ1v) is 6.42. The molecule has 0 unspecified atom stereocenters. The Balaban J connectivity index is 2.00. The highest BCUT2D eigenvalue weighted by atomic mass is 16.6. The molecule has 1 heterocycles. The minimum atomic E-state index is -0.341. The minimum absolute atomic E-state index is 0.171. The predicted molar refractivity (Wildman–Crippen MR) is 77.4 cm³/mol. The van der Waals surface area contributed by atoms with Gasteiger partial charge in [-0.25, -0.2) is 0 Å².